The molecule has 5 aliphatic rings. The van der Waals surface area contributed by atoms with Gasteiger partial charge in [-0.1, -0.05) is 41.5 Å². The molecule has 200 valence electrons. The van der Waals surface area contributed by atoms with Gasteiger partial charge in [-0.2, -0.15) is 0 Å². The van der Waals surface area contributed by atoms with Crippen molar-refractivity contribution in [2.24, 2.45) is 39.4 Å². The molecule has 10 atom stereocenters. The zero-order valence-electron chi connectivity index (χ0n) is 22.9. The van der Waals surface area contributed by atoms with Gasteiger partial charge < -0.3 is 20.1 Å². The molecule has 1 aliphatic heterocycles. The molecule has 6 nitrogen and oxygen atoms in total. The highest BCUT2D eigenvalue weighted by Gasteiger charge is 2.68. The molecule has 1 unspecified atom stereocenters. The minimum atomic E-state index is -0.811. The Morgan fingerprint density at radius 1 is 1.08 bits per heavy atom. The number of ketones is 1. The van der Waals surface area contributed by atoms with E-state index < -0.39 is 34.6 Å². The molecule has 0 radical (unpaired) electrons. The fourth-order valence-corrected chi connectivity index (χ4v) is 9.60. The van der Waals surface area contributed by atoms with Crippen molar-refractivity contribution in [3.63, 3.8) is 0 Å². The molecule has 0 spiro atoms. The van der Waals surface area contributed by atoms with E-state index in [2.05, 4.69) is 20.8 Å². The topological polar surface area (TPSA) is 104 Å². The Labute approximate surface area is 215 Å². The number of Topliss-reactive ketones (excluding diaryl/α,β-unsaturated/α-hetero) is 1. The van der Waals surface area contributed by atoms with Crippen LogP contribution in [0.1, 0.15) is 87.0 Å². The summed E-state index contributed by atoms with van der Waals surface area (Å²) < 4.78 is 5.54. The van der Waals surface area contributed by atoms with Crippen molar-refractivity contribution in [2.75, 3.05) is 0 Å². The van der Waals surface area contributed by atoms with Crippen molar-refractivity contribution in [1.29, 1.82) is 0 Å². The Bertz CT molecular complexity index is 1060. The van der Waals surface area contributed by atoms with Crippen LogP contribution in [0.25, 0.3) is 0 Å². The highest BCUT2D eigenvalue weighted by Crippen LogP contribution is 2.71. The monoisotopic (exact) mass is 500 g/mol. The van der Waals surface area contributed by atoms with Gasteiger partial charge in [0.15, 0.2) is 5.78 Å². The van der Waals surface area contributed by atoms with Crippen LogP contribution in [0.5, 0.6) is 0 Å². The average Bonchev–Trinajstić information content (AvgIpc) is 3.23. The second kappa shape index (κ2) is 8.00. The van der Waals surface area contributed by atoms with Crippen molar-refractivity contribution in [2.45, 2.75) is 111 Å². The van der Waals surface area contributed by atoms with Crippen molar-refractivity contribution >= 4 is 11.8 Å². The van der Waals surface area contributed by atoms with Gasteiger partial charge in [-0.25, -0.2) is 4.79 Å². The number of fused-ring (bicyclic) bond motifs is 4. The Hall–Kier alpha value is -1.50. The molecule has 0 amide bonds. The van der Waals surface area contributed by atoms with Crippen LogP contribution in [0.2, 0.25) is 0 Å². The lowest BCUT2D eigenvalue weighted by molar-refractivity contribution is -0.167. The average molecular weight is 501 g/mol. The van der Waals surface area contributed by atoms with Crippen molar-refractivity contribution in [3.8, 4) is 0 Å². The molecule has 6 heteroatoms. The molecular weight excluding hydrogens is 456 g/mol. The smallest absolute Gasteiger partial charge is 0.334 e. The SMILES string of the molecule is CC1=C[C@@H](C[C@@H](C)[C@H]2CC[C@@]3(C)C4=C([C@H](O)C[C@]23C)[C@]2(C)C(CC4=O)C(C)(C)[C@H](O)C[C@@H]2O)OC1=O. The summed E-state index contributed by atoms with van der Waals surface area (Å²) in [5, 5.41) is 34.0. The summed E-state index contributed by atoms with van der Waals surface area (Å²) in [5.74, 6) is 0.119. The van der Waals surface area contributed by atoms with Gasteiger partial charge in [0, 0.05) is 34.8 Å². The molecule has 0 saturated heterocycles. The quantitative estimate of drug-likeness (QED) is 0.504. The molecule has 0 bridgehead atoms. The van der Waals surface area contributed by atoms with Crippen LogP contribution in [0.4, 0.5) is 0 Å². The minimum Gasteiger partial charge on any atom is -0.455 e. The minimum absolute atomic E-state index is 0.0749. The van der Waals surface area contributed by atoms with Crippen LogP contribution in [0, 0.1) is 39.4 Å². The van der Waals surface area contributed by atoms with E-state index in [-0.39, 0.29) is 53.9 Å². The third kappa shape index (κ3) is 3.19. The van der Waals surface area contributed by atoms with E-state index in [0.29, 0.717) is 12.0 Å². The Kier molecular flexibility index (Phi) is 5.81. The zero-order chi connectivity index (χ0) is 26.6. The number of rotatable bonds is 3. The van der Waals surface area contributed by atoms with Crippen LogP contribution < -0.4 is 0 Å². The Morgan fingerprint density at radius 3 is 2.36 bits per heavy atom. The number of allylic oxidation sites excluding steroid dienone is 1. The number of esters is 1. The number of hydrogen-bond acceptors (Lipinski definition) is 6. The summed E-state index contributed by atoms with van der Waals surface area (Å²) in [7, 11) is 0. The summed E-state index contributed by atoms with van der Waals surface area (Å²) in [4.78, 5) is 25.9. The lowest BCUT2D eigenvalue weighted by Crippen LogP contribution is -2.64. The zero-order valence-corrected chi connectivity index (χ0v) is 22.9. The number of aliphatic hydroxyl groups is 3. The largest absolute Gasteiger partial charge is 0.455 e. The highest BCUT2D eigenvalue weighted by atomic mass is 16.5. The molecule has 36 heavy (non-hydrogen) atoms. The summed E-state index contributed by atoms with van der Waals surface area (Å²) in [6.07, 6.45) is 3.01. The maximum absolute atomic E-state index is 14.0. The fourth-order valence-electron chi connectivity index (χ4n) is 9.60. The van der Waals surface area contributed by atoms with Crippen LogP contribution in [-0.4, -0.2) is 51.5 Å². The van der Waals surface area contributed by atoms with Crippen molar-refractivity contribution < 1.29 is 29.6 Å². The molecule has 0 aromatic carbocycles. The number of cyclic esters (lactones) is 1. The van der Waals surface area contributed by atoms with E-state index in [4.69, 9.17) is 4.74 Å². The van der Waals surface area contributed by atoms with Crippen LogP contribution in [-0.2, 0) is 14.3 Å². The van der Waals surface area contributed by atoms with Gasteiger partial charge >= 0.3 is 5.97 Å². The normalized spacial score (nSPS) is 48.7. The van der Waals surface area contributed by atoms with Gasteiger partial charge in [-0.15, -0.1) is 0 Å². The number of carbonyl (C=O) groups is 2. The summed E-state index contributed by atoms with van der Waals surface area (Å²) in [5.41, 5.74) is 0.176. The predicted octanol–water partition coefficient (Wildman–Crippen LogP) is 4.12. The lowest BCUT2D eigenvalue weighted by Gasteiger charge is -2.63. The first-order valence-electron chi connectivity index (χ1n) is 13.8. The molecular formula is C30H44O6. The molecule has 3 N–H and O–H groups in total. The number of ether oxygens (including phenoxy) is 1. The van der Waals surface area contributed by atoms with Crippen LogP contribution in [0.3, 0.4) is 0 Å². The molecule has 2 fully saturated rings. The lowest BCUT2D eigenvalue weighted by atomic mass is 9.42. The number of hydrogen-bond donors (Lipinski definition) is 3. The van der Waals surface area contributed by atoms with E-state index in [1.54, 1.807) is 6.92 Å². The van der Waals surface area contributed by atoms with Crippen LogP contribution >= 0.6 is 0 Å². The fraction of sp³-hybridized carbons (Fsp3) is 0.800. The van der Waals surface area contributed by atoms with E-state index in [1.165, 1.54) is 0 Å². The standard InChI is InChI=1S/C30H44O6/c1-15(10-17-11-16(2)26(35)36-17)18-8-9-28(5)24-19(31)12-21-27(3,4)22(33)13-23(34)30(21,7)25(24)20(32)14-29(18,28)6/h11,15,17-18,20-23,32-34H,8-10,12-14H2,1-7H3/t15-,17-,18-,20-,21?,22-,23+,28+,29-,30-/m1/s1. The van der Waals surface area contributed by atoms with Crippen molar-refractivity contribution in [1.82, 2.24) is 0 Å². The van der Waals surface area contributed by atoms with Gasteiger partial charge in [0.1, 0.15) is 6.10 Å². The van der Waals surface area contributed by atoms with E-state index in [9.17, 15) is 24.9 Å². The first-order valence-corrected chi connectivity index (χ1v) is 13.8. The maximum atomic E-state index is 14.0. The highest BCUT2D eigenvalue weighted by molar-refractivity contribution is 6.00. The second-order valence-electron chi connectivity index (χ2n) is 14.0. The first kappa shape index (κ1) is 26.1. The maximum Gasteiger partial charge on any atom is 0.334 e. The van der Waals surface area contributed by atoms with Gasteiger partial charge in [0.2, 0.25) is 0 Å². The summed E-state index contributed by atoms with van der Waals surface area (Å²) in [6.45, 7) is 14.4. The molecule has 0 aromatic rings. The summed E-state index contributed by atoms with van der Waals surface area (Å²) in [6, 6.07) is 0. The van der Waals surface area contributed by atoms with Gasteiger partial charge in [-0.3, -0.25) is 4.79 Å². The third-order valence-corrected chi connectivity index (χ3v) is 12.0. The summed E-state index contributed by atoms with van der Waals surface area (Å²) >= 11 is 0. The van der Waals surface area contributed by atoms with E-state index in [1.807, 2.05) is 26.8 Å². The van der Waals surface area contributed by atoms with E-state index in [0.717, 1.165) is 30.4 Å². The molecule has 2 saturated carbocycles. The molecule has 5 rings (SSSR count). The Morgan fingerprint density at radius 2 is 1.75 bits per heavy atom. The van der Waals surface area contributed by atoms with Gasteiger partial charge in [0.05, 0.1) is 18.3 Å². The predicted molar refractivity (Wildman–Crippen MR) is 136 cm³/mol. The molecule has 0 aromatic heterocycles. The number of aliphatic hydroxyl groups excluding tert-OH is 3. The first-order chi connectivity index (χ1) is 16.6. The van der Waals surface area contributed by atoms with Gasteiger partial charge in [0.25, 0.3) is 0 Å². The second-order valence-corrected chi connectivity index (χ2v) is 14.0. The van der Waals surface area contributed by atoms with Crippen LogP contribution in [0.15, 0.2) is 22.8 Å². The third-order valence-electron chi connectivity index (χ3n) is 12.0. The van der Waals surface area contributed by atoms with E-state index >= 15 is 0 Å². The van der Waals surface area contributed by atoms with Gasteiger partial charge in [-0.05, 0) is 72.8 Å². The number of carbonyl (C=O) groups excluding carboxylic acids is 2. The Balaban J connectivity index is 1.55. The molecule has 1 heterocycles. The van der Waals surface area contributed by atoms with Crippen molar-refractivity contribution in [3.05, 3.63) is 22.8 Å². The molecule has 4 aliphatic carbocycles.